The second-order valence-corrected chi connectivity index (χ2v) is 9.26. The van der Waals surface area contributed by atoms with Crippen LogP contribution >= 0.6 is 15.9 Å². The molecular formula is C24H33BrO2. The first-order valence-electron chi connectivity index (χ1n) is 9.73. The molecule has 0 bridgehead atoms. The number of rotatable bonds is 8. The van der Waals surface area contributed by atoms with E-state index in [0.717, 1.165) is 34.2 Å². The van der Waals surface area contributed by atoms with Crippen molar-refractivity contribution in [1.82, 2.24) is 0 Å². The van der Waals surface area contributed by atoms with Crippen LogP contribution in [0.4, 0.5) is 0 Å². The first-order chi connectivity index (χ1) is 12.7. The summed E-state index contributed by atoms with van der Waals surface area (Å²) in [6, 6.07) is 13.0. The van der Waals surface area contributed by atoms with E-state index < -0.39 is 0 Å². The molecule has 2 aromatic carbocycles. The van der Waals surface area contributed by atoms with Crippen LogP contribution in [0, 0.1) is 0 Å². The largest absolute Gasteiger partial charge is 0.467 e. The summed E-state index contributed by atoms with van der Waals surface area (Å²) in [5.41, 5.74) is 4.94. The molecule has 0 aliphatic rings. The minimum atomic E-state index is -0.00108. The molecule has 0 N–H and O–H groups in total. The van der Waals surface area contributed by atoms with E-state index >= 15 is 0 Å². The normalized spacial score (nSPS) is 12.3. The van der Waals surface area contributed by atoms with Crippen LogP contribution in [0.25, 0.3) is 11.1 Å². The molecule has 148 valence electrons. The van der Waals surface area contributed by atoms with Gasteiger partial charge in [-0.05, 0) is 46.9 Å². The molecule has 0 fully saturated rings. The quantitative estimate of drug-likeness (QED) is 0.402. The number of methoxy groups -OCH3 is 1. The predicted molar refractivity (Wildman–Crippen MR) is 119 cm³/mol. The average molecular weight is 433 g/mol. The van der Waals surface area contributed by atoms with Gasteiger partial charge in [-0.15, -0.1) is 0 Å². The molecule has 0 unspecified atom stereocenters. The van der Waals surface area contributed by atoms with Crippen LogP contribution in [0.3, 0.4) is 0 Å². The van der Waals surface area contributed by atoms with Crippen LogP contribution in [0.2, 0.25) is 0 Å². The van der Waals surface area contributed by atoms with E-state index in [4.69, 9.17) is 9.47 Å². The highest BCUT2D eigenvalue weighted by Gasteiger charge is 2.29. The van der Waals surface area contributed by atoms with Crippen molar-refractivity contribution >= 4 is 15.9 Å². The van der Waals surface area contributed by atoms with E-state index in [0.29, 0.717) is 0 Å². The fraction of sp³-hybridized carbons (Fsp3) is 0.500. The maximum absolute atomic E-state index is 6.17. The molecule has 27 heavy (non-hydrogen) atoms. The van der Waals surface area contributed by atoms with Gasteiger partial charge in [0.25, 0.3) is 0 Å². The fourth-order valence-corrected chi connectivity index (χ4v) is 3.57. The van der Waals surface area contributed by atoms with Crippen molar-refractivity contribution < 1.29 is 9.47 Å². The van der Waals surface area contributed by atoms with Crippen LogP contribution in [0.15, 0.2) is 40.9 Å². The summed E-state index contributed by atoms with van der Waals surface area (Å²) in [6.45, 7) is 13.9. The third-order valence-corrected chi connectivity index (χ3v) is 6.54. The summed E-state index contributed by atoms with van der Waals surface area (Å²) in [6.07, 6.45) is 2.11. The third kappa shape index (κ3) is 4.75. The lowest BCUT2D eigenvalue weighted by Crippen LogP contribution is -2.22. The first kappa shape index (κ1) is 22.0. The standard InChI is InChI=1S/C24H33BrO2/c1-8-23(3,4)17-14-19(18-12-10-11-13-21(18)25)22(27-16-26-7)20(15-17)24(5,6)9-2/h10-15H,8-9,16H2,1-7H3. The van der Waals surface area contributed by atoms with Gasteiger partial charge in [0.2, 0.25) is 0 Å². The molecule has 0 atom stereocenters. The van der Waals surface area contributed by atoms with E-state index in [1.54, 1.807) is 7.11 Å². The van der Waals surface area contributed by atoms with Gasteiger partial charge in [-0.3, -0.25) is 0 Å². The van der Waals surface area contributed by atoms with Gasteiger partial charge in [-0.25, -0.2) is 0 Å². The van der Waals surface area contributed by atoms with E-state index in [2.05, 4.69) is 87.8 Å². The Morgan fingerprint density at radius 1 is 0.889 bits per heavy atom. The predicted octanol–water partition coefficient (Wildman–Crippen LogP) is 7.47. The van der Waals surface area contributed by atoms with Gasteiger partial charge in [0.05, 0.1) is 0 Å². The molecule has 2 nitrogen and oxygen atoms in total. The third-order valence-electron chi connectivity index (χ3n) is 5.85. The molecule has 0 spiro atoms. The molecule has 0 saturated carbocycles. The van der Waals surface area contributed by atoms with E-state index in [1.165, 1.54) is 11.1 Å². The highest BCUT2D eigenvalue weighted by molar-refractivity contribution is 9.10. The van der Waals surface area contributed by atoms with Gasteiger partial charge in [-0.2, -0.15) is 0 Å². The van der Waals surface area contributed by atoms with Crippen LogP contribution < -0.4 is 4.74 Å². The molecule has 0 aromatic heterocycles. The zero-order valence-electron chi connectivity index (χ0n) is 17.8. The van der Waals surface area contributed by atoms with Crippen LogP contribution in [-0.2, 0) is 15.6 Å². The van der Waals surface area contributed by atoms with Gasteiger partial charge in [0.15, 0.2) is 6.79 Å². The van der Waals surface area contributed by atoms with Gasteiger partial charge in [-0.1, -0.05) is 81.7 Å². The number of hydrogen-bond acceptors (Lipinski definition) is 2. The number of hydrogen-bond donors (Lipinski definition) is 0. The monoisotopic (exact) mass is 432 g/mol. The summed E-state index contributed by atoms with van der Waals surface area (Å²) in [5.74, 6) is 0.922. The Balaban J connectivity index is 2.87. The van der Waals surface area contributed by atoms with Crippen molar-refractivity contribution in [2.24, 2.45) is 0 Å². The van der Waals surface area contributed by atoms with Gasteiger partial charge < -0.3 is 9.47 Å². The lowest BCUT2D eigenvalue weighted by Gasteiger charge is -2.32. The number of halogens is 1. The summed E-state index contributed by atoms with van der Waals surface area (Å²) < 4.78 is 12.5. The van der Waals surface area contributed by atoms with E-state index in [9.17, 15) is 0 Å². The highest BCUT2D eigenvalue weighted by atomic mass is 79.9. The van der Waals surface area contributed by atoms with Crippen molar-refractivity contribution in [1.29, 1.82) is 0 Å². The molecule has 0 amide bonds. The minimum Gasteiger partial charge on any atom is -0.467 e. The molecule has 3 heteroatoms. The summed E-state index contributed by atoms with van der Waals surface area (Å²) in [5, 5.41) is 0. The number of benzene rings is 2. The van der Waals surface area contributed by atoms with Crippen molar-refractivity contribution in [3.8, 4) is 16.9 Å². The summed E-state index contributed by atoms with van der Waals surface area (Å²) in [7, 11) is 1.66. The minimum absolute atomic E-state index is 0.00108. The molecular weight excluding hydrogens is 400 g/mol. The van der Waals surface area contributed by atoms with Crippen molar-refractivity contribution in [3.05, 3.63) is 52.0 Å². The maximum Gasteiger partial charge on any atom is 0.188 e. The van der Waals surface area contributed by atoms with Gasteiger partial charge >= 0.3 is 0 Å². The van der Waals surface area contributed by atoms with Crippen molar-refractivity contribution in [2.45, 2.75) is 65.2 Å². The van der Waals surface area contributed by atoms with E-state index in [-0.39, 0.29) is 17.6 Å². The zero-order chi connectivity index (χ0) is 20.2. The first-order valence-corrected chi connectivity index (χ1v) is 10.5. The topological polar surface area (TPSA) is 18.5 Å². The maximum atomic E-state index is 6.17. The summed E-state index contributed by atoms with van der Waals surface area (Å²) in [4.78, 5) is 0. The molecule has 2 rings (SSSR count). The molecule has 0 radical (unpaired) electrons. The van der Waals surface area contributed by atoms with Crippen LogP contribution in [-0.4, -0.2) is 13.9 Å². The smallest absolute Gasteiger partial charge is 0.188 e. The Morgan fingerprint density at radius 3 is 2.07 bits per heavy atom. The van der Waals surface area contributed by atoms with Crippen LogP contribution in [0.1, 0.15) is 65.5 Å². The lowest BCUT2D eigenvalue weighted by atomic mass is 9.74. The Hall–Kier alpha value is -1.32. The van der Waals surface area contributed by atoms with Crippen molar-refractivity contribution in [3.63, 3.8) is 0 Å². The highest BCUT2D eigenvalue weighted by Crippen LogP contribution is 2.46. The average Bonchev–Trinajstić information content (AvgIpc) is 2.66. The molecule has 0 saturated heterocycles. The SMILES string of the molecule is CCC(C)(C)c1cc(-c2ccccc2Br)c(OCOC)c(C(C)(C)CC)c1. The molecule has 0 aliphatic heterocycles. The van der Waals surface area contributed by atoms with Gasteiger partial charge in [0.1, 0.15) is 5.75 Å². The molecule has 2 aromatic rings. The second kappa shape index (κ2) is 8.79. The molecule has 0 heterocycles. The number of ether oxygens (including phenoxy) is 2. The Kier molecular flexibility index (Phi) is 7.15. The molecule has 0 aliphatic carbocycles. The Labute approximate surface area is 173 Å². The summed E-state index contributed by atoms with van der Waals surface area (Å²) >= 11 is 3.73. The Bertz CT molecular complexity index is 778. The fourth-order valence-electron chi connectivity index (χ4n) is 3.07. The Morgan fingerprint density at radius 2 is 1.52 bits per heavy atom. The second-order valence-electron chi connectivity index (χ2n) is 8.41. The zero-order valence-corrected chi connectivity index (χ0v) is 19.4. The van der Waals surface area contributed by atoms with Crippen LogP contribution in [0.5, 0.6) is 5.75 Å². The lowest BCUT2D eigenvalue weighted by molar-refractivity contribution is 0.0500. The van der Waals surface area contributed by atoms with Gasteiger partial charge in [0, 0.05) is 22.7 Å². The van der Waals surface area contributed by atoms with Crippen molar-refractivity contribution in [2.75, 3.05) is 13.9 Å². The van der Waals surface area contributed by atoms with E-state index in [1.807, 2.05) is 6.07 Å².